The number of rotatable bonds is 4. The summed E-state index contributed by atoms with van der Waals surface area (Å²) in [7, 11) is 0. The molecule has 1 aliphatic heterocycles. The minimum atomic E-state index is -0.764. The van der Waals surface area contributed by atoms with Crippen molar-refractivity contribution in [1.29, 1.82) is 0 Å². The molecule has 2 aromatic carbocycles. The van der Waals surface area contributed by atoms with Gasteiger partial charge < -0.3 is 4.74 Å². The first kappa shape index (κ1) is 21.2. The Bertz CT molecular complexity index is 1370. The van der Waals surface area contributed by atoms with Crippen LogP contribution in [0, 0.1) is 5.82 Å². The molecule has 1 aliphatic rings. The van der Waals surface area contributed by atoms with Crippen LogP contribution in [0.25, 0.3) is 6.08 Å². The lowest BCUT2D eigenvalue weighted by atomic mass is 9.96. The third-order valence-electron chi connectivity index (χ3n) is 4.88. The van der Waals surface area contributed by atoms with Crippen molar-refractivity contribution in [3.05, 3.63) is 101 Å². The van der Waals surface area contributed by atoms with Gasteiger partial charge in [-0.1, -0.05) is 53.3 Å². The van der Waals surface area contributed by atoms with Crippen molar-refractivity contribution < 1.29 is 13.9 Å². The standard InChI is InChI=1S/C23H18ClFN2O3S/c1-3-30-22(29)19-13(2)26-23-27(20(19)16-6-4-5-7-17(16)24)21(28)18(31-23)12-14-8-10-15(25)11-9-14/h4-12,20H,3H2,1-2H3/b18-12+/t20-/m0/s1. The number of benzene rings is 2. The summed E-state index contributed by atoms with van der Waals surface area (Å²) < 4.78 is 20.4. The second-order valence-corrected chi connectivity index (χ2v) is 8.29. The summed E-state index contributed by atoms with van der Waals surface area (Å²) in [5.41, 5.74) is 1.72. The van der Waals surface area contributed by atoms with E-state index >= 15 is 0 Å². The van der Waals surface area contributed by atoms with Crippen molar-refractivity contribution in [3.63, 3.8) is 0 Å². The van der Waals surface area contributed by atoms with Crippen molar-refractivity contribution in [3.8, 4) is 0 Å². The summed E-state index contributed by atoms with van der Waals surface area (Å²) in [6.07, 6.45) is 1.68. The first-order chi connectivity index (χ1) is 14.9. The van der Waals surface area contributed by atoms with E-state index in [4.69, 9.17) is 16.3 Å². The summed E-state index contributed by atoms with van der Waals surface area (Å²) in [6, 6.07) is 12.2. The number of ether oxygens (including phenoxy) is 1. The van der Waals surface area contributed by atoms with Gasteiger partial charge in [-0.15, -0.1) is 0 Å². The lowest BCUT2D eigenvalue weighted by Crippen LogP contribution is -2.40. The Morgan fingerprint density at radius 3 is 2.65 bits per heavy atom. The van der Waals surface area contributed by atoms with E-state index < -0.39 is 12.0 Å². The van der Waals surface area contributed by atoms with Gasteiger partial charge in [-0.2, -0.15) is 0 Å². The van der Waals surface area contributed by atoms with Gasteiger partial charge in [0.1, 0.15) is 11.9 Å². The predicted octanol–water partition coefficient (Wildman–Crippen LogP) is 3.59. The lowest BCUT2D eigenvalue weighted by Gasteiger charge is -2.25. The molecule has 0 N–H and O–H groups in total. The molecule has 0 saturated heterocycles. The van der Waals surface area contributed by atoms with E-state index in [0.29, 0.717) is 31.2 Å². The molecule has 0 unspecified atom stereocenters. The normalized spacial score (nSPS) is 16.1. The molecule has 0 radical (unpaired) electrons. The smallest absolute Gasteiger partial charge is 0.338 e. The molecule has 0 fully saturated rings. The maximum absolute atomic E-state index is 13.4. The highest BCUT2D eigenvalue weighted by atomic mass is 35.5. The van der Waals surface area contributed by atoms with Crippen LogP contribution in [0.15, 0.2) is 69.6 Å². The Morgan fingerprint density at radius 1 is 1.26 bits per heavy atom. The maximum atomic E-state index is 13.4. The molecule has 0 bridgehead atoms. The Labute approximate surface area is 186 Å². The van der Waals surface area contributed by atoms with E-state index in [1.165, 1.54) is 28.0 Å². The number of allylic oxidation sites excluding steroid dienone is 1. The van der Waals surface area contributed by atoms with Crippen LogP contribution in [0.3, 0.4) is 0 Å². The molecule has 3 aromatic rings. The molecule has 4 rings (SSSR count). The van der Waals surface area contributed by atoms with Gasteiger partial charge in [0.15, 0.2) is 4.80 Å². The SMILES string of the molecule is CCOC(=O)C1=C(C)N=c2s/c(=C/c3ccc(F)cc3)c(=O)n2[C@H]1c1ccccc1Cl. The number of aromatic nitrogens is 1. The van der Waals surface area contributed by atoms with Gasteiger partial charge in [0, 0.05) is 5.02 Å². The summed E-state index contributed by atoms with van der Waals surface area (Å²) in [4.78, 5) is 31.2. The van der Waals surface area contributed by atoms with Crippen LogP contribution in [0.5, 0.6) is 0 Å². The van der Waals surface area contributed by atoms with Crippen LogP contribution < -0.4 is 14.9 Å². The summed E-state index contributed by atoms with van der Waals surface area (Å²) in [5, 5.41) is 0.428. The Balaban J connectivity index is 1.97. The number of thiazole rings is 1. The van der Waals surface area contributed by atoms with Gasteiger partial charge >= 0.3 is 5.97 Å². The molecule has 0 saturated carbocycles. The third-order valence-corrected chi connectivity index (χ3v) is 6.21. The molecule has 2 heterocycles. The van der Waals surface area contributed by atoms with Gasteiger partial charge in [-0.3, -0.25) is 9.36 Å². The van der Waals surface area contributed by atoms with E-state index in [1.807, 2.05) is 0 Å². The molecule has 1 atom stereocenters. The lowest BCUT2D eigenvalue weighted by molar-refractivity contribution is -0.139. The number of halogens is 2. The highest BCUT2D eigenvalue weighted by Gasteiger charge is 2.34. The van der Waals surface area contributed by atoms with Gasteiger partial charge in [-0.05, 0) is 49.2 Å². The Kier molecular flexibility index (Phi) is 5.89. The van der Waals surface area contributed by atoms with Crippen molar-refractivity contribution in [2.24, 2.45) is 4.99 Å². The van der Waals surface area contributed by atoms with Crippen molar-refractivity contribution in [2.75, 3.05) is 6.61 Å². The third kappa shape index (κ3) is 3.98. The number of carbonyl (C=O) groups excluding carboxylic acids is 1. The molecular formula is C23H18ClFN2O3S. The van der Waals surface area contributed by atoms with Crippen LogP contribution in [-0.4, -0.2) is 17.1 Å². The number of fused-ring (bicyclic) bond motifs is 1. The number of esters is 1. The Morgan fingerprint density at radius 2 is 1.97 bits per heavy atom. The fourth-order valence-electron chi connectivity index (χ4n) is 3.49. The van der Waals surface area contributed by atoms with E-state index in [-0.39, 0.29) is 23.6 Å². The average molecular weight is 457 g/mol. The molecule has 0 aliphatic carbocycles. The highest BCUT2D eigenvalue weighted by Crippen LogP contribution is 2.34. The van der Waals surface area contributed by atoms with Gasteiger partial charge in [0.05, 0.1) is 22.4 Å². The Hall–Kier alpha value is -3.03. The first-order valence-electron chi connectivity index (χ1n) is 9.60. The number of hydrogen-bond donors (Lipinski definition) is 0. The van der Waals surface area contributed by atoms with Crippen LogP contribution in [0.1, 0.15) is 31.0 Å². The molecule has 0 amide bonds. The summed E-state index contributed by atoms with van der Waals surface area (Å²) in [6.45, 7) is 3.63. The van der Waals surface area contributed by atoms with E-state index in [2.05, 4.69) is 4.99 Å². The second-order valence-electron chi connectivity index (χ2n) is 6.88. The van der Waals surface area contributed by atoms with Crippen molar-refractivity contribution in [2.45, 2.75) is 19.9 Å². The quantitative estimate of drug-likeness (QED) is 0.564. The average Bonchev–Trinajstić information content (AvgIpc) is 3.04. The molecule has 8 heteroatoms. The monoisotopic (exact) mass is 456 g/mol. The topological polar surface area (TPSA) is 60.7 Å². The zero-order valence-corrected chi connectivity index (χ0v) is 18.3. The van der Waals surface area contributed by atoms with Gasteiger partial charge in [0.2, 0.25) is 0 Å². The summed E-state index contributed by atoms with van der Waals surface area (Å²) in [5.74, 6) is -0.895. The highest BCUT2D eigenvalue weighted by molar-refractivity contribution is 7.07. The van der Waals surface area contributed by atoms with Crippen LogP contribution in [0.4, 0.5) is 4.39 Å². The fraction of sp³-hybridized carbons (Fsp3) is 0.174. The van der Waals surface area contributed by atoms with Gasteiger partial charge in [-0.25, -0.2) is 14.2 Å². The van der Waals surface area contributed by atoms with Crippen LogP contribution >= 0.6 is 22.9 Å². The van der Waals surface area contributed by atoms with Crippen molar-refractivity contribution >= 4 is 35.0 Å². The van der Waals surface area contributed by atoms with Crippen LogP contribution in [0.2, 0.25) is 5.02 Å². The molecular weight excluding hydrogens is 439 g/mol. The molecule has 31 heavy (non-hydrogen) atoms. The fourth-order valence-corrected chi connectivity index (χ4v) is 4.78. The molecule has 1 aromatic heterocycles. The predicted molar refractivity (Wildman–Crippen MR) is 118 cm³/mol. The molecule has 0 spiro atoms. The van der Waals surface area contributed by atoms with Crippen LogP contribution in [-0.2, 0) is 9.53 Å². The summed E-state index contributed by atoms with van der Waals surface area (Å²) >= 11 is 7.66. The zero-order valence-electron chi connectivity index (χ0n) is 16.8. The minimum Gasteiger partial charge on any atom is -0.463 e. The number of carbonyl (C=O) groups is 1. The maximum Gasteiger partial charge on any atom is 0.338 e. The minimum absolute atomic E-state index is 0.194. The van der Waals surface area contributed by atoms with Crippen molar-refractivity contribution in [1.82, 2.24) is 4.57 Å². The number of hydrogen-bond acceptors (Lipinski definition) is 5. The van der Waals surface area contributed by atoms with Gasteiger partial charge in [0.25, 0.3) is 5.56 Å². The zero-order chi connectivity index (χ0) is 22.1. The van der Waals surface area contributed by atoms with E-state index in [9.17, 15) is 14.0 Å². The first-order valence-corrected chi connectivity index (χ1v) is 10.8. The molecule has 5 nitrogen and oxygen atoms in total. The molecule has 158 valence electrons. The van der Waals surface area contributed by atoms with E-state index in [0.717, 1.165) is 0 Å². The number of nitrogens with zero attached hydrogens (tertiary/aromatic N) is 2. The van der Waals surface area contributed by atoms with E-state index in [1.54, 1.807) is 56.3 Å². The second kappa shape index (κ2) is 8.61. The largest absolute Gasteiger partial charge is 0.463 e.